The van der Waals surface area contributed by atoms with Crippen molar-refractivity contribution in [2.75, 3.05) is 0 Å². The van der Waals surface area contributed by atoms with Crippen LogP contribution in [0.5, 0.6) is 0 Å². The van der Waals surface area contributed by atoms with Gasteiger partial charge in [0.25, 0.3) is 0 Å². The van der Waals surface area contributed by atoms with Crippen molar-refractivity contribution in [1.29, 1.82) is 0 Å². The molecule has 0 unspecified atom stereocenters. The molecule has 2 aliphatic carbocycles. The van der Waals surface area contributed by atoms with E-state index in [9.17, 15) is 0 Å². The van der Waals surface area contributed by atoms with E-state index in [4.69, 9.17) is 0 Å². The van der Waals surface area contributed by atoms with Crippen LogP contribution in [0.4, 0.5) is 0 Å². The minimum atomic E-state index is 0. The van der Waals surface area contributed by atoms with Crippen molar-refractivity contribution in [2.45, 2.75) is 70.6 Å². The quantitative estimate of drug-likeness (QED) is 0.573. The van der Waals surface area contributed by atoms with E-state index in [0.29, 0.717) is 0 Å². The number of halogens is 1. The molecule has 1 spiro atoms. The molecule has 0 nitrogen and oxygen atoms in total. The first-order valence-corrected chi connectivity index (χ1v) is 5.91. The smallest absolute Gasteiger partial charge is 0.0297 e. The van der Waals surface area contributed by atoms with Crippen LogP contribution in [0.1, 0.15) is 70.6 Å². The third-order valence-electron chi connectivity index (χ3n) is 4.08. The minimum Gasteiger partial charge on any atom is -0.114 e. The summed E-state index contributed by atoms with van der Waals surface area (Å²) >= 11 is 0. The average molecular weight is 247 g/mol. The third kappa shape index (κ3) is 2.97. The lowest BCUT2D eigenvalue weighted by Gasteiger charge is -2.36. The molecule has 0 aromatic rings. The normalized spacial score (nSPS) is 27.7. The molecule has 0 radical (unpaired) electrons. The lowest BCUT2D eigenvalue weighted by atomic mass is 9.69. The zero-order valence-electron chi connectivity index (χ0n) is 8.69. The topological polar surface area (TPSA) is 0 Å². The van der Waals surface area contributed by atoms with Crippen LogP contribution in [-0.4, -0.2) is 0 Å². The Hall–Kier alpha value is 0.480. The van der Waals surface area contributed by atoms with E-state index in [2.05, 4.69) is 0 Å². The van der Waals surface area contributed by atoms with Crippen LogP contribution >= 0.6 is 17.0 Å². The molecule has 1 heteroatoms. The van der Waals surface area contributed by atoms with Gasteiger partial charge in [-0.05, 0) is 31.1 Å². The Morgan fingerprint density at radius 1 is 0.462 bits per heavy atom. The first-order chi connectivity index (χ1) is 5.91. The molecule has 0 aromatic carbocycles. The SMILES string of the molecule is Br.C1CCCC2(CC1)CCCCC2. The van der Waals surface area contributed by atoms with Gasteiger partial charge in [-0.2, -0.15) is 0 Å². The van der Waals surface area contributed by atoms with Crippen LogP contribution in [0.15, 0.2) is 0 Å². The van der Waals surface area contributed by atoms with E-state index < -0.39 is 0 Å². The van der Waals surface area contributed by atoms with Gasteiger partial charge in [0.15, 0.2) is 0 Å². The second-order valence-electron chi connectivity index (χ2n) is 4.97. The van der Waals surface area contributed by atoms with Gasteiger partial charge in [-0.1, -0.05) is 44.9 Å². The van der Waals surface area contributed by atoms with Gasteiger partial charge in [0.2, 0.25) is 0 Å². The molecule has 0 N–H and O–H groups in total. The molecule has 2 fully saturated rings. The number of rotatable bonds is 0. The summed E-state index contributed by atoms with van der Waals surface area (Å²) in [6.07, 6.45) is 16.9. The molecule has 2 saturated carbocycles. The molecule has 2 rings (SSSR count). The van der Waals surface area contributed by atoms with E-state index in [1.54, 1.807) is 25.7 Å². The van der Waals surface area contributed by atoms with Crippen LogP contribution in [0.3, 0.4) is 0 Å². The molecule has 13 heavy (non-hydrogen) atoms. The van der Waals surface area contributed by atoms with Gasteiger partial charge in [0, 0.05) is 0 Å². The largest absolute Gasteiger partial charge is 0.114 e. The lowest BCUT2D eigenvalue weighted by Crippen LogP contribution is -2.22. The monoisotopic (exact) mass is 246 g/mol. The summed E-state index contributed by atoms with van der Waals surface area (Å²) in [5, 5.41) is 0. The van der Waals surface area contributed by atoms with E-state index >= 15 is 0 Å². The Kier molecular flexibility index (Phi) is 4.78. The molecular weight excluding hydrogens is 224 g/mol. The Bertz CT molecular complexity index is 126. The highest BCUT2D eigenvalue weighted by molar-refractivity contribution is 8.93. The summed E-state index contributed by atoms with van der Waals surface area (Å²) in [4.78, 5) is 0. The highest BCUT2D eigenvalue weighted by Crippen LogP contribution is 2.46. The van der Waals surface area contributed by atoms with Gasteiger partial charge in [-0.25, -0.2) is 0 Å². The van der Waals surface area contributed by atoms with Gasteiger partial charge in [-0.3, -0.25) is 0 Å². The Balaban J connectivity index is 0.000000845. The van der Waals surface area contributed by atoms with Crippen molar-refractivity contribution < 1.29 is 0 Å². The number of hydrogen-bond donors (Lipinski definition) is 0. The van der Waals surface area contributed by atoms with Crippen molar-refractivity contribution in [3.8, 4) is 0 Å². The fourth-order valence-electron chi connectivity index (χ4n) is 3.28. The Labute approximate surface area is 93.3 Å². The highest BCUT2D eigenvalue weighted by atomic mass is 79.9. The molecule has 0 heterocycles. The second-order valence-corrected chi connectivity index (χ2v) is 4.97. The van der Waals surface area contributed by atoms with E-state index in [0.717, 1.165) is 5.41 Å². The highest BCUT2D eigenvalue weighted by Gasteiger charge is 2.31. The summed E-state index contributed by atoms with van der Waals surface area (Å²) < 4.78 is 0. The van der Waals surface area contributed by atoms with Crippen LogP contribution in [0.25, 0.3) is 0 Å². The van der Waals surface area contributed by atoms with Gasteiger partial charge < -0.3 is 0 Å². The number of hydrogen-bond acceptors (Lipinski definition) is 0. The molecular formula is C12H23Br. The predicted molar refractivity (Wildman–Crippen MR) is 63.5 cm³/mol. The molecule has 0 amide bonds. The standard InChI is InChI=1S/C12H22.BrH/c1-2-5-9-12(8-4-1)10-6-3-7-11-12;/h1-11H2;1H. The molecule has 0 atom stereocenters. The Morgan fingerprint density at radius 2 is 0.769 bits per heavy atom. The van der Waals surface area contributed by atoms with Crippen LogP contribution in [-0.2, 0) is 0 Å². The van der Waals surface area contributed by atoms with E-state index in [-0.39, 0.29) is 17.0 Å². The maximum atomic E-state index is 1.56. The maximum absolute atomic E-state index is 1.56. The summed E-state index contributed by atoms with van der Waals surface area (Å²) in [5.41, 5.74) is 0.842. The molecule has 0 bridgehead atoms. The summed E-state index contributed by atoms with van der Waals surface area (Å²) in [7, 11) is 0. The van der Waals surface area contributed by atoms with Crippen molar-refractivity contribution in [3.63, 3.8) is 0 Å². The fourth-order valence-corrected chi connectivity index (χ4v) is 3.28. The average Bonchev–Trinajstić information content (AvgIpc) is 2.33. The molecule has 0 saturated heterocycles. The second kappa shape index (κ2) is 5.38. The third-order valence-corrected chi connectivity index (χ3v) is 4.08. The zero-order chi connectivity index (χ0) is 8.28. The lowest BCUT2D eigenvalue weighted by molar-refractivity contribution is 0.161. The van der Waals surface area contributed by atoms with Crippen molar-refractivity contribution in [2.24, 2.45) is 5.41 Å². The minimum absolute atomic E-state index is 0. The van der Waals surface area contributed by atoms with Gasteiger partial charge in [0.05, 0.1) is 0 Å². The molecule has 0 aromatic heterocycles. The van der Waals surface area contributed by atoms with E-state index in [1.165, 1.54) is 44.9 Å². The predicted octanol–water partition coefficient (Wildman–Crippen LogP) is 4.87. The molecule has 78 valence electrons. The van der Waals surface area contributed by atoms with Crippen molar-refractivity contribution >= 4 is 17.0 Å². The summed E-state index contributed by atoms with van der Waals surface area (Å²) in [5.74, 6) is 0. The van der Waals surface area contributed by atoms with Crippen molar-refractivity contribution in [3.05, 3.63) is 0 Å². The zero-order valence-corrected chi connectivity index (χ0v) is 10.4. The van der Waals surface area contributed by atoms with Gasteiger partial charge >= 0.3 is 0 Å². The van der Waals surface area contributed by atoms with Crippen LogP contribution in [0.2, 0.25) is 0 Å². The van der Waals surface area contributed by atoms with Crippen molar-refractivity contribution in [1.82, 2.24) is 0 Å². The first-order valence-electron chi connectivity index (χ1n) is 5.91. The van der Waals surface area contributed by atoms with Crippen LogP contribution < -0.4 is 0 Å². The molecule has 2 aliphatic rings. The summed E-state index contributed by atoms with van der Waals surface area (Å²) in [6.45, 7) is 0. The van der Waals surface area contributed by atoms with Gasteiger partial charge in [0.1, 0.15) is 0 Å². The van der Waals surface area contributed by atoms with Gasteiger partial charge in [-0.15, -0.1) is 17.0 Å². The summed E-state index contributed by atoms with van der Waals surface area (Å²) in [6, 6.07) is 0. The fraction of sp³-hybridized carbons (Fsp3) is 1.00. The maximum Gasteiger partial charge on any atom is -0.0297 e. The first kappa shape index (κ1) is 11.6. The van der Waals surface area contributed by atoms with Crippen LogP contribution in [0, 0.1) is 5.41 Å². The Morgan fingerprint density at radius 3 is 1.15 bits per heavy atom. The molecule has 0 aliphatic heterocycles. The van der Waals surface area contributed by atoms with E-state index in [1.807, 2.05) is 0 Å².